The molecule has 0 spiro atoms. The van der Waals surface area contributed by atoms with Crippen molar-refractivity contribution in [3.05, 3.63) is 24.3 Å². The first-order valence-electron chi connectivity index (χ1n) is 6.36. The molecule has 1 aliphatic heterocycles. The zero-order valence-corrected chi connectivity index (χ0v) is 12.0. The van der Waals surface area contributed by atoms with Crippen LogP contribution in [0.4, 0.5) is 14.5 Å². The van der Waals surface area contributed by atoms with Crippen LogP contribution < -0.4 is 10.1 Å². The summed E-state index contributed by atoms with van der Waals surface area (Å²) in [7, 11) is 0. The Morgan fingerprint density at radius 3 is 2.89 bits per heavy atom. The minimum Gasteiger partial charge on any atom is -0.435 e. The lowest BCUT2D eigenvalue weighted by molar-refractivity contribution is -0.0498. The summed E-state index contributed by atoms with van der Waals surface area (Å²) in [6.45, 7) is 1.70. The Kier molecular flexibility index (Phi) is 4.55. The van der Waals surface area contributed by atoms with E-state index >= 15 is 0 Å². The van der Waals surface area contributed by atoms with Crippen molar-refractivity contribution in [2.45, 2.75) is 32.9 Å². The van der Waals surface area contributed by atoms with Crippen LogP contribution in [0.25, 0.3) is 0 Å². The van der Waals surface area contributed by atoms with Crippen LogP contribution >= 0.6 is 11.8 Å². The Labute approximate surface area is 116 Å². The van der Waals surface area contributed by atoms with E-state index in [1.807, 2.05) is 17.8 Å². The summed E-state index contributed by atoms with van der Waals surface area (Å²) in [4.78, 5) is 0. The van der Waals surface area contributed by atoms with E-state index in [0.717, 1.165) is 17.9 Å². The molecule has 2 nitrogen and oxygen atoms in total. The number of hydrogen-bond donors (Lipinski definition) is 1. The van der Waals surface area contributed by atoms with E-state index in [2.05, 4.69) is 23.9 Å². The summed E-state index contributed by atoms with van der Waals surface area (Å²) in [6, 6.07) is 7.11. The molecule has 1 heterocycles. The second-order valence-corrected chi connectivity index (χ2v) is 6.57. The van der Waals surface area contributed by atoms with Gasteiger partial charge in [0, 0.05) is 23.5 Å². The van der Waals surface area contributed by atoms with Crippen LogP contribution in [0.1, 0.15) is 20.3 Å². The Hall–Kier alpha value is -0.970. The fourth-order valence-electron chi connectivity index (χ4n) is 2.14. The Morgan fingerprint density at radius 2 is 2.21 bits per heavy atom. The number of anilines is 1. The van der Waals surface area contributed by atoms with Gasteiger partial charge in [0.2, 0.25) is 0 Å². The van der Waals surface area contributed by atoms with Crippen LogP contribution in [0.3, 0.4) is 0 Å². The van der Waals surface area contributed by atoms with E-state index in [1.54, 1.807) is 12.1 Å². The second kappa shape index (κ2) is 5.99. The minimum absolute atomic E-state index is 0.196. The van der Waals surface area contributed by atoms with Gasteiger partial charge >= 0.3 is 6.61 Å². The smallest absolute Gasteiger partial charge is 0.387 e. The quantitative estimate of drug-likeness (QED) is 0.895. The van der Waals surface area contributed by atoms with Crippen molar-refractivity contribution in [1.82, 2.24) is 0 Å². The molecule has 1 unspecified atom stereocenters. The number of benzene rings is 1. The van der Waals surface area contributed by atoms with Gasteiger partial charge in [0.25, 0.3) is 0 Å². The normalized spacial score (nSPS) is 22.3. The highest BCUT2D eigenvalue weighted by Crippen LogP contribution is 2.36. The molecule has 0 aromatic heterocycles. The number of alkyl halides is 2. The van der Waals surface area contributed by atoms with Crippen molar-refractivity contribution in [3.63, 3.8) is 0 Å². The van der Waals surface area contributed by atoms with Gasteiger partial charge in [-0.05, 0) is 29.7 Å². The molecule has 0 amide bonds. The van der Waals surface area contributed by atoms with Crippen LogP contribution in [0.15, 0.2) is 24.3 Å². The first kappa shape index (κ1) is 14.4. The summed E-state index contributed by atoms with van der Waals surface area (Å²) >= 11 is 1.93. The van der Waals surface area contributed by atoms with Crippen LogP contribution in [0, 0.1) is 5.41 Å². The third-order valence-electron chi connectivity index (χ3n) is 3.52. The summed E-state index contributed by atoms with van der Waals surface area (Å²) in [5.41, 5.74) is 1.05. The Balaban J connectivity index is 2.05. The molecule has 5 heteroatoms. The van der Waals surface area contributed by atoms with Crippen LogP contribution in [0.5, 0.6) is 5.75 Å². The minimum atomic E-state index is -2.78. The summed E-state index contributed by atoms with van der Waals surface area (Å²) in [5.74, 6) is 2.41. The van der Waals surface area contributed by atoms with Gasteiger partial charge in [0.15, 0.2) is 0 Å². The van der Waals surface area contributed by atoms with Gasteiger partial charge in [0.05, 0.1) is 0 Å². The maximum Gasteiger partial charge on any atom is 0.387 e. The van der Waals surface area contributed by atoms with Crippen molar-refractivity contribution in [2.24, 2.45) is 5.41 Å². The topological polar surface area (TPSA) is 21.3 Å². The monoisotopic (exact) mass is 287 g/mol. The lowest BCUT2D eigenvalue weighted by Gasteiger charge is -2.39. The third-order valence-corrected chi connectivity index (χ3v) is 4.58. The van der Waals surface area contributed by atoms with E-state index in [4.69, 9.17) is 0 Å². The molecule has 0 saturated carbocycles. The second-order valence-electron chi connectivity index (χ2n) is 5.42. The molecular formula is C14H19F2NOS. The van der Waals surface area contributed by atoms with Gasteiger partial charge in [-0.2, -0.15) is 20.5 Å². The molecule has 19 heavy (non-hydrogen) atoms. The van der Waals surface area contributed by atoms with Crippen LogP contribution in [-0.4, -0.2) is 24.2 Å². The molecule has 0 bridgehead atoms. The van der Waals surface area contributed by atoms with Crippen molar-refractivity contribution < 1.29 is 13.5 Å². The lowest BCUT2D eigenvalue weighted by atomic mass is 9.82. The average Bonchev–Trinajstić information content (AvgIpc) is 2.31. The molecule has 1 N–H and O–H groups in total. The highest BCUT2D eigenvalue weighted by atomic mass is 32.2. The molecule has 1 aromatic carbocycles. The van der Waals surface area contributed by atoms with Gasteiger partial charge < -0.3 is 10.1 Å². The fraction of sp³-hybridized carbons (Fsp3) is 0.571. The number of nitrogens with one attached hydrogen (secondary N) is 1. The van der Waals surface area contributed by atoms with Crippen molar-refractivity contribution >= 4 is 17.4 Å². The number of thioether (sulfide) groups is 1. The van der Waals surface area contributed by atoms with E-state index < -0.39 is 6.61 Å². The first-order chi connectivity index (χ1) is 8.97. The third kappa shape index (κ3) is 4.00. The fourth-order valence-corrected chi connectivity index (χ4v) is 3.74. The van der Waals surface area contributed by atoms with Gasteiger partial charge in [-0.25, -0.2) is 0 Å². The SMILES string of the molecule is CC1(C)CCSCC1Nc1cccc(OC(F)F)c1. The summed E-state index contributed by atoms with van der Waals surface area (Å²) in [6.07, 6.45) is 1.16. The molecule has 2 rings (SSSR count). The van der Waals surface area contributed by atoms with Crippen molar-refractivity contribution in [1.29, 1.82) is 0 Å². The predicted molar refractivity (Wildman–Crippen MR) is 76.2 cm³/mol. The molecule has 1 aromatic rings. The molecule has 1 fully saturated rings. The van der Waals surface area contributed by atoms with E-state index in [-0.39, 0.29) is 11.2 Å². The molecule has 0 radical (unpaired) electrons. The predicted octanol–water partition coefficient (Wildman–Crippen LogP) is 4.23. The largest absolute Gasteiger partial charge is 0.435 e. The van der Waals surface area contributed by atoms with E-state index in [9.17, 15) is 8.78 Å². The van der Waals surface area contributed by atoms with Gasteiger partial charge in [-0.3, -0.25) is 0 Å². The average molecular weight is 287 g/mol. The van der Waals surface area contributed by atoms with Gasteiger partial charge in [0.1, 0.15) is 5.75 Å². The molecular weight excluding hydrogens is 268 g/mol. The molecule has 106 valence electrons. The Bertz CT molecular complexity index is 426. The highest BCUT2D eigenvalue weighted by Gasteiger charge is 2.32. The lowest BCUT2D eigenvalue weighted by Crippen LogP contribution is -2.41. The number of halogens is 2. The van der Waals surface area contributed by atoms with E-state index in [0.29, 0.717) is 6.04 Å². The number of hydrogen-bond acceptors (Lipinski definition) is 3. The maximum atomic E-state index is 12.2. The van der Waals surface area contributed by atoms with Crippen molar-refractivity contribution in [3.8, 4) is 5.75 Å². The summed E-state index contributed by atoms with van der Waals surface area (Å²) < 4.78 is 28.8. The first-order valence-corrected chi connectivity index (χ1v) is 7.52. The van der Waals surface area contributed by atoms with E-state index in [1.165, 1.54) is 11.8 Å². The highest BCUT2D eigenvalue weighted by molar-refractivity contribution is 7.99. The van der Waals surface area contributed by atoms with Gasteiger partial charge in [-0.1, -0.05) is 19.9 Å². The zero-order valence-electron chi connectivity index (χ0n) is 11.2. The molecule has 1 aliphatic rings. The Morgan fingerprint density at radius 1 is 1.42 bits per heavy atom. The summed E-state index contributed by atoms with van der Waals surface area (Å²) in [5, 5.41) is 3.44. The van der Waals surface area contributed by atoms with Crippen molar-refractivity contribution in [2.75, 3.05) is 16.8 Å². The molecule has 0 aliphatic carbocycles. The van der Waals surface area contributed by atoms with Crippen LogP contribution in [-0.2, 0) is 0 Å². The standard InChI is InChI=1S/C14H19F2NOS/c1-14(2)6-7-19-9-12(14)17-10-4-3-5-11(8-10)18-13(15)16/h3-5,8,12-13,17H,6-7,9H2,1-2H3. The molecule has 1 atom stereocenters. The van der Waals surface area contributed by atoms with Crippen LogP contribution in [0.2, 0.25) is 0 Å². The molecule has 1 saturated heterocycles. The zero-order chi connectivity index (χ0) is 13.9. The number of rotatable bonds is 4. The maximum absolute atomic E-state index is 12.2. The van der Waals surface area contributed by atoms with Gasteiger partial charge in [-0.15, -0.1) is 0 Å². The number of ether oxygens (including phenoxy) is 1.